The van der Waals surface area contributed by atoms with E-state index in [1.165, 1.54) is 16.8 Å². The summed E-state index contributed by atoms with van der Waals surface area (Å²) >= 11 is 0. The van der Waals surface area contributed by atoms with Crippen LogP contribution in [-0.2, 0) is 13.1 Å². The number of aryl methyl sites for hydroxylation is 1. The quantitative estimate of drug-likeness (QED) is 0.817. The molecule has 0 unspecified atom stereocenters. The summed E-state index contributed by atoms with van der Waals surface area (Å²) in [5.74, 6) is -0.911. The fraction of sp³-hybridized carbons (Fsp3) is 0.250. The van der Waals surface area contributed by atoms with Gasteiger partial charge in [-0.2, -0.15) is 5.10 Å². The van der Waals surface area contributed by atoms with Crippen LogP contribution in [0.2, 0.25) is 0 Å². The van der Waals surface area contributed by atoms with Crippen molar-refractivity contribution in [1.29, 1.82) is 0 Å². The number of nitrogens with two attached hydrogens (primary N) is 1. The molecule has 0 saturated carbocycles. The zero-order valence-corrected chi connectivity index (χ0v) is 12.8. The number of primary amides is 1. The van der Waals surface area contributed by atoms with Crippen molar-refractivity contribution in [2.45, 2.75) is 26.4 Å². The highest BCUT2D eigenvalue weighted by Crippen LogP contribution is 2.05. The van der Waals surface area contributed by atoms with Crippen molar-refractivity contribution in [1.82, 2.24) is 15.1 Å². The van der Waals surface area contributed by atoms with Crippen molar-refractivity contribution in [2.75, 3.05) is 0 Å². The second-order valence-corrected chi connectivity index (χ2v) is 5.03. The average molecular weight is 314 g/mol. The average Bonchev–Trinajstić information content (AvgIpc) is 2.55. The van der Waals surface area contributed by atoms with Crippen molar-refractivity contribution >= 4 is 11.8 Å². The normalized spacial score (nSPS) is 10.3. The molecule has 0 spiro atoms. The molecule has 0 bridgehead atoms. The Kier molecular flexibility index (Phi) is 5.24. The largest absolute Gasteiger partial charge is 0.366 e. The molecule has 120 valence electrons. The standard InChI is InChI=1S/C16H18N4O3/c1-2-8-20-14(21)7-6-13(19-20)16(23)18-10-11-4-3-5-12(9-11)15(17)22/h3-7,9H,2,8,10H2,1H3,(H2,17,22)(H,18,23). The third-order valence-electron chi connectivity index (χ3n) is 3.20. The molecule has 0 fully saturated rings. The monoisotopic (exact) mass is 314 g/mol. The molecule has 2 aromatic rings. The van der Waals surface area contributed by atoms with E-state index in [1.807, 2.05) is 6.92 Å². The van der Waals surface area contributed by atoms with E-state index in [-0.39, 0.29) is 23.7 Å². The van der Waals surface area contributed by atoms with Gasteiger partial charge in [0.1, 0.15) is 5.69 Å². The highest BCUT2D eigenvalue weighted by Gasteiger charge is 2.09. The van der Waals surface area contributed by atoms with E-state index in [0.717, 1.165) is 12.0 Å². The molecule has 0 radical (unpaired) electrons. The molecule has 2 rings (SSSR count). The maximum Gasteiger partial charge on any atom is 0.271 e. The summed E-state index contributed by atoms with van der Waals surface area (Å²) in [7, 11) is 0. The summed E-state index contributed by atoms with van der Waals surface area (Å²) in [6.45, 7) is 2.61. The van der Waals surface area contributed by atoms with Crippen LogP contribution in [0.5, 0.6) is 0 Å². The van der Waals surface area contributed by atoms with E-state index in [1.54, 1.807) is 24.3 Å². The van der Waals surface area contributed by atoms with Crippen molar-refractivity contribution in [3.8, 4) is 0 Å². The molecule has 7 nitrogen and oxygen atoms in total. The number of amides is 2. The lowest BCUT2D eigenvalue weighted by molar-refractivity contribution is 0.0942. The molecule has 23 heavy (non-hydrogen) atoms. The van der Waals surface area contributed by atoms with Gasteiger partial charge in [0.2, 0.25) is 5.91 Å². The van der Waals surface area contributed by atoms with E-state index in [0.29, 0.717) is 12.1 Å². The minimum absolute atomic E-state index is 0.170. The molecule has 1 aromatic heterocycles. The summed E-state index contributed by atoms with van der Waals surface area (Å²) in [6, 6.07) is 9.41. The molecule has 0 aliphatic rings. The van der Waals surface area contributed by atoms with Gasteiger partial charge in [0.15, 0.2) is 0 Å². The Balaban J connectivity index is 2.08. The molecule has 2 amide bonds. The van der Waals surface area contributed by atoms with Crippen LogP contribution >= 0.6 is 0 Å². The lowest BCUT2D eigenvalue weighted by Crippen LogP contribution is -2.29. The lowest BCUT2D eigenvalue weighted by atomic mass is 10.1. The number of nitrogens with one attached hydrogen (secondary N) is 1. The van der Waals surface area contributed by atoms with Crippen LogP contribution in [0.25, 0.3) is 0 Å². The predicted molar refractivity (Wildman–Crippen MR) is 84.9 cm³/mol. The fourth-order valence-electron chi connectivity index (χ4n) is 2.05. The smallest absolute Gasteiger partial charge is 0.271 e. The van der Waals surface area contributed by atoms with Crippen LogP contribution in [0.3, 0.4) is 0 Å². The maximum atomic E-state index is 12.1. The van der Waals surface area contributed by atoms with Crippen molar-refractivity contribution in [3.63, 3.8) is 0 Å². The third-order valence-corrected chi connectivity index (χ3v) is 3.20. The number of carbonyl (C=O) groups excluding carboxylic acids is 2. The van der Waals surface area contributed by atoms with Crippen LogP contribution in [-0.4, -0.2) is 21.6 Å². The minimum atomic E-state index is -0.522. The molecule has 7 heteroatoms. The minimum Gasteiger partial charge on any atom is -0.366 e. The van der Waals surface area contributed by atoms with Crippen LogP contribution < -0.4 is 16.6 Å². The lowest BCUT2D eigenvalue weighted by Gasteiger charge is -2.08. The first kappa shape index (κ1) is 16.4. The highest BCUT2D eigenvalue weighted by atomic mass is 16.2. The number of aromatic nitrogens is 2. The first-order valence-electron chi connectivity index (χ1n) is 7.26. The summed E-state index contributed by atoms with van der Waals surface area (Å²) in [6.07, 6.45) is 0.748. The molecule has 3 N–H and O–H groups in total. The number of nitrogens with zero attached hydrogens (tertiary/aromatic N) is 2. The SMILES string of the molecule is CCCn1nc(C(=O)NCc2cccc(C(N)=O)c2)ccc1=O. The van der Waals surface area contributed by atoms with Gasteiger partial charge in [-0.05, 0) is 30.2 Å². The van der Waals surface area contributed by atoms with Gasteiger partial charge >= 0.3 is 0 Å². The van der Waals surface area contributed by atoms with Crippen LogP contribution in [0, 0.1) is 0 Å². The number of hydrogen-bond donors (Lipinski definition) is 2. The van der Waals surface area contributed by atoms with Crippen LogP contribution in [0.1, 0.15) is 39.8 Å². The second-order valence-electron chi connectivity index (χ2n) is 5.03. The van der Waals surface area contributed by atoms with E-state index in [2.05, 4.69) is 10.4 Å². The zero-order valence-electron chi connectivity index (χ0n) is 12.8. The number of benzene rings is 1. The van der Waals surface area contributed by atoms with Gasteiger partial charge < -0.3 is 11.1 Å². The molecular weight excluding hydrogens is 296 g/mol. The summed E-state index contributed by atoms with van der Waals surface area (Å²) in [5, 5.41) is 6.74. The predicted octanol–water partition coefficient (Wildman–Crippen LogP) is 0.682. The Labute approximate surface area is 133 Å². The van der Waals surface area contributed by atoms with Gasteiger partial charge in [-0.3, -0.25) is 14.4 Å². The maximum absolute atomic E-state index is 12.1. The van der Waals surface area contributed by atoms with Gasteiger partial charge in [0.25, 0.3) is 11.5 Å². The Bertz CT molecular complexity index is 783. The van der Waals surface area contributed by atoms with Gasteiger partial charge in [-0.15, -0.1) is 0 Å². The summed E-state index contributed by atoms with van der Waals surface area (Å²) in [4.78, 5) is 34.8. The first-order chi connectivity index (χ1) is 11.0. The Morgan fingerprint density at radius 1 is 1.26 bits per heavy atom. The molecule has 0 aliphatic heterocycles. The fourth-order valence-corrected chi connectivity index (χ4v) is 2.05. The van der Waals surface area contributed by atoms with Crippen LogP contribution in [0.4, 0.5) is 0 Å². The van der Waals surface area contributed by atoms with E-state index >= 15 is 0 Å². The molecule has 1 heterocycles. The van der Waals surface area contributed by atoms with Crippen molar-refractivity contribution < 1.29 is 9.59 Å². The van der Waals surface area contributed by atoms with Gasteiger partial charge in [-0.1, -0.05) is 19.1 Å². The number of hydrogen-bond acceptors (Lipinski definition) is 4. The molecule has 1 aromatic carbocycles. The zero-order chi connectivity index (χ0) is 16.8. The Hall–Kier alpha value is -2.96. The summed E-state index contributed by atoms with van der Waals surface area (Å²) < 4.78 is 1.27. The first-order valence-corrected chi connectivity index (χ1v) is 7.26. The van der Waals surface area contributed by atoms with E-state index < -0.39 is 5.91 Å². The van der Waals surface area contributed by atoms with Gasteiger partial charge in [0.05, 0.1) is 0 Å². The van der Waals surface area contributed by atoms with E-state index in [4.69, 9.17) is 5.73 Å². The van der Waals surface area contributed by atoms with Gasteiger partial charge in [0, 0.05) is 24.7 Å². The van der Waals surface area contributed by atoms with Crippen LogP contribution in [0.15, 0.2) is 41.2 Å². The number of rotatable bonds is 6. The Morgan fingerprint density at radius 3 is 2.74 bits per heavy atom. The topological polar surface area (TPSA) is 107 Å². The Morgan fingerprint density at radius 2 is 2.04 bits per heavy atom. The molecule has 0 atom stereocenters. The summed E-state index contributed by atoms with van der Waals surface area (Å²) in [5.41, 5.74) is 6.28. The van der Waals surface area contributed by atoms with Crippen molar-refractivity contribution in [3.05, 3.63) is 63.6 Å². The van der Waals surface area contributed by atoms with Crippen molar-refractivity contribution in [2.24, 2.45) is 5.73 Å². The second kappa shape index (κ2) is 7.35. The third kappa shape index (κ3) is 4.26. The molecule has 0 aliphatic carbocycles. The highest BCUT2D eigenvalue weighted by molar-refractivity contribution is 5.93. The molecule has 0 saturated heterocycles. The number of carbonyl (C=O) groups is 2. The van der Waals surface area contributed by atoms with Gasteiger partial charge in [-0.25, -0.2) is 4.68 Å². The molecular formula is C16H18N4O3. The van der Waals surface area contributed by atoms with E-state index in [9.17, 15) is 14.4 Å².